The van der Waals surface area contributed by atoms with Gasteiger partial charge >= 0.3 is 0 Å². The van der Waals surface area contributed by atoms with E-state index in [4.69, 9.17) is 0 Å². The fraction of sp³-hybridized carbons (Fsp3) is 0.455. The topological polar surface area (TPSA) is 55.8 Å². The molecule has 0 spiro atoms. The summed E-state index contributed by atoms with van der Waals surface area (Å²) in [5, 5.41) is 6.74. The monoisotopic (exact) mass is 510 g/mol. The quantitative estimate of drug-likeness (QED) is 0.308. The molecule has 29 heavy (non-hydrogen) atoms. The molecule has 0 saturated carbocycles. The Morgan fingerprint density at radius 3 is 2.41 bits per heavy atom. The van der Waals surface area contributed by atoms with Gasteiger partial charge in [0.1, 0.15) is 5.82 Å². The van der Waals surface area contributed by atoms with E-state index >= 15 is 0 Å². The van der Waals surface area contributed by atoms with Crippen LogP contribution in [0.25, 0.3) is 0 Å². The molecule has 0 aliphatic carbocycles. The van der Waals surface area contributed by atoms with Gasteiger partial charge in [0.15, 0.2) is 5.96 Å². The molecule has 1 heterocycles. The maximum absolute atomic E-state index is 4.62. The summed E-state index contributed by atoms with van der Waals surface area (Å²) in [5.74, 6) is 1.76. The third-order valence-corrected chi connectivity index (χ3v) is 4.79. The molecule has 2 aromatic rings. The van der Waals surface area contributed by atoms with Crippen molar-refractivity contribution < 1.29 is 0 Å². The standard InChI is InChI=1S/C22H34N6.HI/c1-18(28(5)17-19-10-7-6-8-11-19)14-15-24-22(23-2)25-16-20-12-9-13-21(26-20)27(3)4;/h6-13,18H,14-17H2,1-5H3,(H2,23,24,25);1H. The van der Waals surface area contributed by atoms with E-state index in [0.29, 0.717) is 12.6 Å². The molecule has 0 amide bonds. The second-order valence-electron chi connectivity index (χ2n) is 7.27. The van der Waals surface area contributed by atoms with Gasteiger partial charge < -0.3 is 15.5 Å². The van der Waals surface area contributed by atoms with Crippen molar-refractivity contribution >= 4 is 35.8 Å². The SMILES string of the molecule is CN=C(NCCC(C)N(C)Cc1ccccc1)NCc1cccc(N(C)C)n1.I. The van der Waals surface area contributed by atoms with Crippen molar-refractivity contribution in [2.24, 2.45) is 4.99 Å². The van der Waals surface area contributed by atoms with Gasteiger partial charge in [0.25, 0.3) is 0 Å². The first kappa shape index (κ1) is 25.2. The normalized spacial score (nSPS) is 12.3. The van der Waals surface area contributed by atoms with E-state index in [9.17, 15) is 0 Å². The second kappa shape index (κ2) is 13.4. The number of benzene rings is 1. The first-order valence-electron chi connectivity index (χ1n) is 9.81. The Morgan fingerprint density at radius 1 is 1.03 bits per heavy atom. The molecule has 2 N–H and O–H groups in total. The van der Waals surface area contributed by atoms with Gasteiger partial charge in [-0.3, -0.25) is 9.89 Å². The molecule has 1 atom stereocenters. The third kappa shape index (κ3) is 8.99. The van der Waals surface area contributed by atoms with Crippen LogP contribution in [0.4, 0.5) is 5.82 Å². The van der Waals surface area contributed by atoms with Crippen molar-refractivity contribution in [1.82, 2.24) is 20.5 Å². The van der Waals surface area contributed by atoms with Crippen LogP contribution in [-0.4, -0.2) is 56.6 Å². The number of nitrogens with one attached hydrogen (secondary N) is 2. The first-order chi connectivity index (χ1) is 13.5. The zero-order valence-electron chi connectivity index (χ0n) is 18.2. The molecule has 2 rings (SSSR count). The second-order valence-corrected chi connectivity index (χ2v) is 7.27. The van der Waals surface area contributed by atoms with Gasteiger partial charge in [-0.2, -0.15) is 0 Å². The molecule has 0 saturated heterocycles. The van der Waals surface area contributed by atoms with E-state index in [1.165, 1.54) is 5.56 Å². The van der Waals surface area contributed by atoms with Crippen molar-refractivity contribution in [3.05, 3.63) is 59.8 Å². The summed E-state index contributed by atoms with van der Waals surface area (Å²) in [7, 11) is 7.96. The highest BCUT2D eigenvalue weighted by molar-refractivity contribution is 14.0. The van der Waals surface area contributed by atoms with Crippen LogP contribution in [0.3, 0.4) is 0 Å². The van der Waals surface area contributed by atoms with Crippen LogP contribution in [0.2, 0.25) is 0 Å². The van der Waals surface area contributed by atoms with E-state index in [0.717, 1.165) is 37.0 Å². The van der Waals surface area contributed by atoms with Crippen molar-refractivity contribution in [3.8, 4) is 0 Å². The summed E-state index contributed by atoms with van der Waals surface area (Å²) in [6.45, 7) is 4.73. The predicted molar refractivity (Wildman–Crippen MR) is 134 cm³/mol. The van der Waals surface area contributed by atoms with Gasteiger partial charge in [0.2, 0.25) is 0 Å². The van der Waals surface area contributed by atoms with E-state index < -0.39 is 0 Å². The average Bonchev–Trinajstić information content (AvgIpc) is 2.71. The lowest BCUT2D eigenvalue weighted by atomic mass is 10.1. The molecule has 0 bridgehead atoms. The van der Waals surface area contributed by atoms with Crippen LogP contribution in [0.1, 0.15) is 24.6 Å². The molecule has 6 nitrogen and oxygen atoms in total. The Kier molecular flexibility index (Phi) is 11.6. The minimum atomic E-state index is 0. The van der Waals surface area contributed by atoms with Crippen LogP contribution in [0.15, 0.2) is 53.5 Å². The Labute approximate surface area is 192 Å². The minimum absolute atomic E-state index is 0. The van der Waals surface area contributed by atoms with Gasteiger partial charge in [0, 0.05) is 40.3 Å². The maximum Gasteiger partial charge on any atom is 0.191 e. The number of aromatic nitrogens is 1. The van der Waals surface area contributed by atoms with Crippen molar-refractivity contribution in [1.29, 1.82) is 0 Å². The Morgan fingerprint density at radius 2 is 1.76 bits per heavy atom. The van der Waals surface area contributed by atoms with E-state index in [2.05, 4.69) is 69.8 Å². The van der Waals surface area contributed by atoms with Crippen LogP contribution >= 0.6 is 24.0 Å². The molecule has 1 unspecified atom stereocenters. The Bertz CT molecular complexity index is 735. The Balaban J connectivity index is 0.00000420. The number of anilines is 1. The molecule has 7 heteroatoms. The molecule has 160 valence electrons. The largest absolute Gasteiger partial charge is 0.363 e. The fourth-order valence-electron chi connectivity index (χ4n) is 2.86. The molecular weight excluding hydrogens is 475 g/mol. The molecule has 0 aliphatic heterocycles. The number of hydrogen-bond acceptors (Lipinski definition) is 4. The number of halogens is 1. The van der Waals surface area contributed by atoms with Gasteiger partial charge in [0.05, 0.1) is 12.2 Å². The van der Waals surface area contributed by atoms with Gasteiger partial charge in [-0.15, -0.1) is 24.0 Å². The molecule has 1 aromatic heterocycles. The highest BCUT2D eigenvalue weighted by atomic mass is 127. The van der Waals surface area contributed by atoms with Gasteiger partial charge in [-0.25, -0.2) is 4.98 Å². The van der Waals surface area contributed by atoms with Crippen molar-refractivity contribution in [2.75, 3.05) is 39.6 Å². The summed E-state index contributed by atoms with van der Waals surface area (Å²) in [6, 6.07) is 17.1. The van der Waals surface area contributed by atoms with Crippen molar-refractivity contribution in [3.63, 3.8) is 0 Å². The summed E-state index contributed by atoms with van der Waals surface area (Å²) >= 11 is 0. The number of aliphatic imine (C=N–C) groups is 1. The van der Waals surface area contributed by atoms with Crippen LogP contribution < -0.4 is 15.5 Å². The summed E-state index contributed by atoms with van der Waals surface area (Å²) in [4.78, 5) is 13.3. The van der Waals surface area contributed by atoms with Crippen molar-refractivity contribution in [2.45, 2.75) is 32.5 Å². The summed E-state index contributed by atoms with van der Waals surface area (Å²) in [6.07, 6.45) is 1.04. The summed E-state index contributed by atoms with van der Waals surface area (Å²) < 4.78 is 0. The zero-order valence-corrected chi connectivity index (χ0v) is 20.6. The minimum Gasteiger partial charge on any atom is -0.363 e. The fourth-order valence-corrected chi connectivity index (χ4v) is 2.86. The highest BCUT2D eigenvalue weighted by Gasteiger charge is 2.10. The number of pyridine rings is 1. The van der Waals surface area contributed by atoms with Gasteiger partial charge in [-0.05, 0) is 38.1 Å². The van der Waals surface area contributed by atoms with Crippen LogP contribution in [-0.2, 0) is 13.1 Å². The lowest BCUT2D eigenvalue weighted by Gasteiger charge is -2.25. The predicted octanol–water partition coefficient (Wildman–Crippen LogP) is 3.34. The number of hydrogen-bond donors (Lipinski definition) is 2. The Hall–Kier alpha value is -1.87. The molecule has 0 aliphatic rings. The van der Waals surface area contributed by atoms with Crippen LogP contribution in [0, 0.1) is 0 Å². The lowest BCUT2D eigenvalue weighted by molar-refractivity contribution is 0.238. The van der Waals surface area contributed by atoms with Crippen LogP contribution in [0.5, 0.6) is 0 Å². The van der Waals surface area contributed by atoms with E-state index in [-0.39, 0.29) is 24.0 Å². The average molecular weight is 510 g/mol. The third-order valence-electron chi connectivity index (χ3n) is 4.79. The zero-order chi connectivity index (χ0) is 20.4. The molecule has 1 aromatic carbocycles. The van der Waals surface area contributed by atoms with E-state index in [1.807, 2.05) is 37.2 Å². The molecule has 0 fully saturated rings. The summed E-state index contributed by atoms with van der Waals surface area (Å²) in [5.41, 5.74) is 2.33. The lowest BCUT2D eigenvalue weighted by Crippen LogP contribution is -2.39. The first-order valence-corrected chi connectivity index (χ1v) is 9.81. The van der Waals surface area contributed by atoms with Gasteiger partial charge in [-0.1, -0.05) is 36.4 Å². The smallest absolute Gasteiger partial charge is 0.191 e. The molecular formula is C22H35IN6. The highest BCUT2D eigenvalue weighted by Crippen LogP contribution is 2.08. The number of nitrogens with zero attached hydrogens (tertiary/aromatic N) is 4. The maximum atomic E-state index is 4.62. The number of guanidine groups is 1. The van der Waals surface area contributed by atoms with E-state index in [1.54, 1.807) is 7.05 Å². The number of rotatable bonds is 9. The molecule has 0 radical (unpaired) electrons.